The van der Waals surface area contributed by atoms with Gasteiger partial charge >= 0.3 is 12.6 Å². The summed E-state index contributed by atoms with van der Waals surface area (Å²) in [5.41, 5.74) is 0.680. The summed E-state index contributed by atoms with van der Waals surface area (Å²) in [7, 11) is 0. The molecule has 0 saturated carbocycles. The lowest BCUT2D eigenvalue weighted by Crippen LogP contribution is -2.34. The molecular formula is C20H21F2NO5. The molecule has 28 heavy (non-hydrogen) atoms. The van der Waals surface area contributed by atoms with Crippen molar-refractivity contribution in [2.75, 3.05) is 13.2 Å². The summed E-state index contributed by atoms with van der Waals surface area (Å²) in [5.74, 6) is -2.24. The second kappa shape index (κ2) is 10.2. The number of rotatable bonds is 10. The Balaban J connectivity index is 2.01. The van der Waals surface area contributed by atoms with Crippen LogP contribution in [0.1, 0.15) is 22.8 Å². The van der Waals surface area contributed by atoms with Crippen LogP contribution in [0, 0.1) is 5.92 Å². The average Bonchev–Trinajstić information content (AvgIpc) is 2.66. The van der Waals surface area contributed by atoms with Crippen LogP contribution in [0.25, 0.3) is 0 Å². The van der Waals surface area contributed by atoms with E-state index in [9.17, 15) is 23.5 Å². The third kappa shape index (κ3) is 6.22. The van der Waals surface area contributed by atoms with Crippen LogP contribution < -0.4 is 14.8 Å². The Labute approximate surface area is 161 Å². The highest BCUT2D eigenvalue weighted by Gasteiger charge is 2.21. The molecule has 0 spiro atoms. The van der Waals surface area contributed by atoms with E-state index < -0.39 is 24.4 Å². The van der Waals surface area contributed by atoms with Crippen LogP contribution in [-0.2, 0) is 11.2 Å². The molecule has 0 aliphatic rings. The van der Waals surface area contributed by atoms with Gasteiger partial charge in [0.2, 0.25) is 0 Å². The van der Waals surface area contributed by atoms with Gasteiger partial charge in [-0.2, -0.15) is 8.78 Å². The number of carboxylic acids is 1. The van der Waals surface area contributed by atoms with Gasteiger partial charge in [0.05, 0.1) is 18.1 Å². The predicted molar refractivity (Wildman–Crippen MR) is 97.8 cm³/mol. The van der Waals surface area contributed by atoms with Crippen LogP contribution in [0.4, 0.5) is 8.78 Å². The minimum atomic E-state index is -3.07. The van der Waals surface area contributed by atoms with Crippen LogP contribution in [0.15, 0.2) is 48.5 Å². The summed E-state index contributed by atoms with van der Waals surface area (Å²) >= 11 is 0. The molecule has 8 heteroatoms. The van der Waals surface area contributed by atoms with Crippen molar-refractivity contribution < 1.29 is 33.0 Å². The van der Waals surface area contributed by atoms with Gasteiger partial charge in [-0.25, -0.2) is 0 Å². The Bertz CT molecular complexity index is 795. The average molecular weight is 393 g/mol. The van der Waals surface area contributed by atoms with Gasteiger partial charge in [-0.3, -0.25) is 9.59 Å². The van der Waals surface area contributed by atoms with Crippen LogP contribution in [0.3, 0.4) is 0 Å². The van der Waals surface area contributed by atoms with Crippen molar-refractivity contribution in [1.82, 2.24) is 5.32 Å². The largest absolute Gasteiger partial charge is 0.494 e. The van der Waals surface area contributed by atoms with Crippen LogP contribution in [0.2, 0.25) is 0 Å². The Hall–Kier alpha value is -3.16. The molecule has 0 radical (unpaired) electrons. The lowest BCUT2D eigenvalue weighted by molar-refractivity contribution is -0.141. The number of nitrogens with one attached hydrogen (secondary N) is 1. The lowest BCUT2D eigenvalue weighted by atomic mass is 9.99. The van der Waals surface area contributed by atoms with Gasteiger partial charge in [0.25, 0.3) is 5.91 Å². The molecule has 2 aromatic rings. The first-order chi connectivity index (χ1) is 13.4. The predicted octanol–water partition coefficient (Wildman–Crippen LogP) is 3.36. The molecule has 0 aliphatic heterocycles. The molecule has 0 heterocycles. The Kier molecular flexibility index (Phi) is 7.74. The number of aliphatic carboxylic acids is 1. The summed E-state index contributed by atoms with van der Waals surface area (Å²) in [5, 5.41) is 11.9. The van der Waals surface area contributed by atoms with Crippen molar-refractivity contribution in [2.45, 2.75) is 20.0 Å². The fourth-order valence-electron chi connectivity index (χ4n) is 2.58. The fraction of sp³-hybridized carbons (Fsp3) is 0.300. The van der Waals surface area contributed by atoms with Gasteiger partial charge < -0.3 is 19.9 Å². The highest BCUT2D eigenvalue weighted by molar-refractivity contribution is 5.97. The van der Waals surface area contributed by atoms with Gasteiger partial charge in [0, 0.05) is 6.54 Å². The summed E-state index contributed by atoms with van der Waals surface area (Å²) in [6.45, 7) is -0.841. The summed E-state index contributed by atoms with van der Waals surface area (Å²) < 4.78 is 34.6. The highest BCUT2D eigenvalue weighted by Crippen LogP contribution is 2.20. The number of hydrogen-bond donors (Lipinski definition) is 2. The topological polar surface area (TPSA) is 84.9 Å². The first kappa shape index (κ1) is 21.1. The van der Waals surface area contributed by atoms with Crippen LogP contribution in [0.5, 0.6) is 11.5 Å². The molecule has 150 valence electrons. The molecule has 1 atom stereocenters. The van der Waals surface area contributed by atoms with Gasteiger partial charge in [-0.1, -0.05) is 24.3 Å². The Morgan fingerprint density at radius 2 is 1.79 bits per heavy atom. The SMILES string of the molecule is CCOc1ccc(CC(CNC(=O)c2ccccc2OC(F)F)C(=O)O)cc1. The zero-order valence-corrected chi connectivity index (χ0v) is 15.2. The zero-order valence-electron chi connectivity index (χ0n) is 15.2. The molecule has 0 aromatic heterocycles. The number of carbonyl (C=O) groups is 2. The molecule has 0 bridgehead atoms. The summed E-state index contributed by atoms with van der Waals surface area (Å²) in [4.78, 5) is 23.8. The minimum absolute atomic E-state index is 0.0898. The molecular weight excluding hydrogens is 372 g/mol. The van der Waals surface area contributed by atoms with E-state index in [1.165, 1.54) is 24.3 Å². The first-order valence-electron chi connectivity index (χ1n) is 8.67. The maximum absolute atomic E-state index is 12.5. The molecule has 0 fully saturated rings. The number of amides is 1. The molecule has 0 saturated heterocycles. The normalized spacial score (nSPS) is 11.7. The monoisotopic (exact) mass is 393 g/mol. The van der Waals surface area contributed by atoms with Crippen molar-refractivity contribution >= 4 is 11.9 Å². The van der Waals surface area contributed by atoms with Crippen molar-refractivity contribution in [3.63, 3.8) is 0 Å². The zero-order chi connectivity index (χ0) is 20.5. The van der Waals surface area contributed by atoms with E-state index in [1.54, 1.807) is 24.3 Å². The van der Waals surface area contributed by atoms with E-state index >= 15 is 0 Å². The second-order valence-corrected chi connectivity index (χ2v) is 5.90. The number of halogens is 2. The Morgan fingerprint density at radius 1 is 1.11 bits per heavy atom. The Morgan fingerprint density at radius 3 is 2.39 bits per heavy atom. The number of ether oxygens (including phenoxy) is 2. The number of hydrogen-bond acceptors (Lipinski definition) is 4. The maximum atomic E-state index is 12.5. The molecule has 2 aromatic carbocycles. The number of carboxylic acid groups (broad SMARTS) is 1. The van der Waals surface area contributed by atoms with E-state index in [1.807, 2.05) is 6.92 Å². The highest BCUT2D eigenvalue weighted by atomic mass is 19.3. The van der Waals surface area contributed by atoms with Gasteiger partial charge in [-0.15, -0.1) is 0 Å². The van der Waals surface area contributed by atoms with Crippen molar-refractivity contribution in [3.05, 3.63) is 59.7 Å². The number of alkyl halides is 2. The number of carbonyl (C=O) groups excluding carboxylic acids is 1. The van der Waals surface area contributed by atoms with Crippen LogP contribution in [-0.4, -0.2) is 36.7 Å². The molecule has 1 amide bonds. The van der Waals surface area contributed by atoms with E-state index in [4.69, 9.17) is 4.74 Å². The van der Waals surface area contributed by atoms with Crippen molar-refractivity contribution in [2.24, 2.45) is 5.92 Å². The van der Waals surface area contributed by atoms with Crippen molar-refractivity contribution in [3.8, 4) is 11.5 Å². The van der Waals surface area contributed by atoms with E-state index in [0.717, 1.165) is 5.56 Å². The van der Waals surface area contributed by atoms with E-state index in [-0.39, 0.29) is 24.3 Å². The molecule has 2 N–H and O–H groups in total. The molecule has 6 nitrogen and oxygen atoms in total. The molecule has 1 unspecified atom stereocenters. The summed E-state index contributed by atoms with van der Waals surface area (Å²) in [6.07, 6.45) is 0.192. The first-order valence-corrected chi connectivity index (χ1v) is 8.67. The fourth-order valence-corrected chi connectivity index (χ4v) is 2.58. The number of para-hydroxylation sites is 1. The maximum Gasteiger partial charge on any atom is 0.387 e. The van der Waals surface area contributed by atoms with Gasteiger partial charge in [0.1, 0.15) is 11.5 Å². The number of benzene rings is 2. The molecule has 0 aliphatic carbocycles. The standard InChI is InChI=1S/C20H21F2NO5/c1-2-27-15-9-7-13(8-10-15)11-14(19(25)26)12-23-18(24)16-5-3-4-6-17(16)28-20(21)22/h3-10,14,20H,2,11-12H2,1H3,(H,23,24)(H,25,26). The van der Waals surface area contributed by atoms with E-state index in [2.05, 4.69) is 10.1 Å². The lowest BCUT2D eigenvalue weighted by Gasteiger charge is -2.15. The third-order valence-electron chi connectivity index (χ3n) is 3.92. The minimum Gasteiger partial charge on any atom is -0.494 e. The summed E-state index contributed by atoms with van der Waals surface area (Å²) in [6, 6.07) is 12.5. The van der Waals surface area contributed by atoms with Gasteiger partial charge in [0.15, 0.2) is 0 Å². The quantitative estimate of drug-likeness (QED) is 0.647. The van der Waals surface area contributed by atoms with E-state index in [0.29, 0.717) is 12.4 Å². The van der Waals surface area contributed by atoms with Crippen LogP contribution >= 0.6 is 0 Å². The molecule has 2 rings (SSSR count). The van der Waals surface area contributed by atoms with Crippen molar-refractivity contribution in [1.29, 1.82) is 0 Å². The smallest absolute Gasteiger partial charge is 0.387 e. The van der Waals surface area contributed by atoms with Gasteiger partial charge in [-0.05, 0) is 43.2 Å². The third-order valence-corrected chi connectivity index (χ3v) is 3.92. The second-order valence-electron chi connectivity index (χ2n) is 5.90.